The van der Waals surface area contributed by atoms with E-state index < -0.39 is 0 Å². The lowest BCUT2D eigenvalue weighted by Gasteiger charge is -2.13. The van der Waals surface area contributed by atoms with Crippen molar-refractivity contribution in [1.82, 2.24) is 19.5 Å². The lowest BCUT2D eigenvalue weighted by molar-refractivity contribution is 1.08. The average Bonchev–Trinajstić information content (AvgIpc) is 3.61. The predicted molar refractivity (Wildman–Crippen MR) is 228 cm³/mol. The Morgan fingerprint density at radius 3 is 1.64 bits per heavy atom. The number of hydrogen-bond donors (Lipinski definition) is 0. The van der Waals surface area contributed by atoms with E-state index in [1.54, 1.807) is 0 Å². The molecular formula is C51H32N4. The fourth-order valence-corrected chi connectivity index (χ4v) is 8.26. The van der Waals surface area contributed by atoms with Crippen molar-refractivity contribution in [2.45, 2.75) is 0 Å². The zero-order valence-corrected chi connectivity index (χ0v) is 29.8. The molecule has 0 radical (unpaired) electrons. The molecule has 0 unspecified atom stereocenters. The molecule has 8 aromatic carbocycles. The molecule has 3 heterocycles. The van der Waals surface area contributed by atoms with E-state index in [-0.39, 0.29) is 0 Å². The first-order valence-corrected chi connectivity index (χ1v) is 18.6. The van der Waals surface area contributed by atoms with Crippen LogP contribution >= 0.6 is 0 Å². The Kier molecular flexibility index (Phi) is 7.14. The molecule has 0 fully saturated rings. The molecule has 4 nitrogen and oxygen atoms in total. The quantitative estimate of drug-likeness (QED) is 0.179. The number of hydrogen-bond acceptors (Lipinski definition) is 3. The molecule has 11 rings (SSSR count). The van der Waals surface area contributed by atoms with Gasteiger partial charge in [-0.15, -0.1) is 0 Å². The van der Waals surface area contributed by atoms with Crippen LogP contribution in [0.3, 0.4) is 0 Å². The second-order valence-corrected chi connectivity index (χ2v) is 14.0. The SMILES string of the molecule is c1ccc(-c2nc3ccc(-c4ccc(-n5c6ccc7ccccc7c6c6c7ccccc7c(-c7ccccc7)cc65)nc4)cc3nc2-c2ccccc2)cc1. The van der Waals surface area contributed by atoms with E-state index in [0.29, 0.717) is 0 Å². The summed E-state index contributed by atoms with van der Waals surface area (Å²) in [5.41, 5.74) is 12.2. The van der Waals surface area contributed by atoms with Gasteiger partial charge in [-0.3, -0.25) is 4.57 Å². The second-order valence-electron chi connectivity index (χ2n) is 14.0. The van der Waals surface area contributed by atoms with Gasteiger partial charge < -0.3 is 0 Å². The maximum Gasteiger partial charge on any atom is 0.137 e. The summed E-state index contributed by atoms with van der Waals surface area (Å²) in [5, 5.41) is 7.41. The van der Waals surface area contributed by atoms with Gasteiger partial charge in [0, 0.05) is 33.7 Å². The minimum atomic E-state index is 0.842. The molecular weight excluding hydrogens is 669 g/mol. The van der Waals surface area contributed by atoms with E-state index >= 15 is 0 Å². The van der Waals surface area contributed by atoms with Gasteiger partial charge in [0.05, 0.1) is 33.5 Å². The molecule has 0 N–H and O–H groups in total. The van der Waals surface area contributed by atoms with Crippen LogP contribution < -0.4 is 0 Å². The molecule has 0 saturated heterocycles. The van der Waals surface area contributed by atoms with Crippen LogP contribution in [0.1, 0.15) is 0 Å². The Morgan fingerprint density at radius 1 is 0.364 bits per heavy atom. The first-order chi connectivity index (χ1) is 27.3. The van der Waals surface area contributed by atoms with Gasteiger partial charge >= 0.3 is 0 Å². The molecule has 11 aromatic rings. The average molecular weight is 701 g/mol. The predicted octanol–water partition coefficient (Wildman–Crippen LogP) is 13.1. The van der Waals surface area contributed by atoms with Crippen LogP contribution in [-0.2, 0) is 0 Å². The standard InChI is InChI=1S/C51H32N4/c1-4-14-33(15-5-1)42-31-46-49(41-23-13-12-22-40(41)42)48-39-21-11-10-16-34(39)25-28-45(48)55(46)47-29-26-38(32-52-47)37-24-27-43-44(30-37)54-51(36-19-8-3-9-20-36)50(53-43)35-17-6-2-7-18-35/h1-32H. The number of rotatable bonds is 5. The van der Waals surface area contributed by atoms with Gasteiger partial charge in [-0.1, -0.05) is 152 Å². The van der Waals surface area contributed by atoms with E-state index in [4.69, 9.17) is 15.0 Å². The lowest BCUT2D eigenvalue weighted by atomic mass is 9.94. The van der Waals surface area contributed by atoms with Gasteiger partial charge in [0.25, 0.3) is 0 Å². The first-order valence-electron chi connectivity index (χ1n) is 18.6. The van der Waals surface area contributed by atoms with Gasteiger partial charge in [-0.2, -0.15) is 0 Å². The summed E-state index contributed by atoms with van der Waals surface area (Å²) >= 11 is 0. The Hall–Kier alpha value is -7.43. The highest BCUT2D eigenvalue weighted by Crippen LogP contribution is 2.43. The smallest absolute Gasteiger partial charge is 0.137 e. The van der Waals surface area contributed by atoms with Crippen LogP contribution in [0.4, 0.5) is 0 Å². The highest BCUT2D eigenvalue weighted by Gasteiger charge is 2.20. The second kappa shape index (κ2) is 12.6. The summed E-state index contributed by atoms with van der Waals surface area (Å²) in [6.45, 7) is 0. The number of pyridine rings is 1. The highest BCUT2D eigenvalue weighted by atomic mass is 15.1. The zero-order chi connectivity index (χ0) is 36.3. The normalized spacial score (nSPS) is 11.6. The third-order valence-electron chi connectivity index (χ3n) is 10.8. The molecule has 4 heteroatoms. The Bertz CT molecular complexity index is 3220. The van der Waals surface area contributed by atoms with E-state index in [2.05, 4.69) is 156 Å². The molecule has 256 valence electrons. The largest absolute Gasteiger partial charge is 0.294 e. The molecule has 0 saturated carbocycles. The minimum Gasteiger partial charge on any atom is -0.294 e. The van der Waals surface area contributed by atoms with Crippen molar-refractivity contribution >= 4 is 54.4 Å². The maximum atomic E-state index is 5.23. The molecule has 0 amide bonds. The summed E-state index contributed by atoms with van der Waals surface area (Å²) in [5.74, 6) is 0.868. The summed E-state index contributed by atoms with van der Waals surface area (Å²) in [6, 6.07) is 66.3. The van der Waals surface area contributed by atoms with Crippen molar-refractivity contribution in [1.29, 1.82) is 0 Å². The molecule has 0 spiro atoms. The summed E-state index contributed by atoms with van der Waals surface area (Å²) < 4.78 is 2.34. The van der Waals surface area contributed by atoms with Crippen molar-refractivity contribution in [2.24, 2.45) is 0 Å². The van der Waals surface area contributed by atoms with E-state index in [0.717, 1.165) is 61.5 Å². The maximum absolute atomic E-state index is 5.23. The van der Waals surface area contributed by atoms with Crippen LogP contribution in [0, 0.1) is 0 Å². The summed E-state index contributed by atoms with van der Waals surface area (Å²) in [6.07, 6.45) is 1.98. The molecule has 55 heavy (non-hydrogen) atoms. The molecule has 0 aliphatic heterocycles. The van der Waals surface area contributed by atoms with Crippen molar-refractivity contribution < 1.29 is 0 Å². The van der Waals surface area contributed by atoms with E-state index in [1.165, 1.54) is 43.4 Å². The van der Waals surface area contributed by atoms with Gasteiger partial charge in [0.2, 0.25) is 0 Å². The van der Waals surface area contributed by atoms with Crippen LogP contribution in [-0.4, -0.2) is 19.5 Å². The topological polar surface area (TPSA) is 43.6 Å². The Balaban J connectivity index is 1.09. The molecule has 3 aromatic heterocycles. The first kappa shape index (κ1) is 31.1. The van der Waals surface area contributed by atoms with E-state index in [1.807, 2.05) is 42.6 Å². The van der Waals surface area contributed by atoms with Gasteiger partial charge in [-0.25, -0.2) is 15.0 Å². The number of nitrogens with zero attached hydrogens (tertiary/aromatic N) is 4. The minimum absolute atomic E-state index is 0.842. The van der Waals surface area contributed by atoms with Crippen LogP contribution in [0.15, 0.2) is 194 Å². The molecule has 0 aliphatic rings. The fourth-order valence-electron chi connectivity index (χ4n) is 8.26. The lowest BCUT2D eigenvalue weighted by Crippen LogP contribution is -1.98. The van der Waals surface area contributed by atoms with Gasteiger partial charge in [-0.05, 0) is 74.6 Å². The number of aromatic nitrogens is 4. The third-order valence-corrected chi connectivity index (χ3v) is 10.8. The zero-order valence-electron chi connectivity index (χ0n) is 29.8. The summed E-state index contributed by atoms with van der Waals surface area (Å²) in [4.78, 5) is 15.6. The van der Waals surface area contributed by atoms with Crippen LogP contribution in [0.25, 0.3) is 105 Å². The monoisotopic (exact) mass is 700 g/mol. The van der Waals surface area contributed by atoms with Gasteiger partial charge in [0.15, 0.2) is 0 Å². The van der Waals surface area contributed by atoms with Crippen molar-refractivity contribution in [2.75, 3.05) is 0 Å². The van der Waals surface area contributed by atoms with Crippen molar-refractivity contribution in [3.05, 3.63) is 194 Å². The number of fused-ring (bicyclic) bond motifs is 8. The highest BCUT2D eigenvalue weighted by molar-refractivity contribution is 6.30. The van der Waals surface area contributed by atoms with Crippen molar-refractivity contribution in [3.8, 4) is 50.6 Å². The van der Waals surface area contributed by atoms with Crippen LogP contribution in [0.5, 0.6) is 0 Å². The van der Waals surface area contributed by atoms with Crippen LogP contribution in [0.2, 0.25) is 0 Å². The third kappa shape index (κ3) is 5.11. The molecule has 0 atom stereocenters. The molecule has 0 aliphatic carbocycles. The number of benzene rings is 8. The fraction of sp³-hybridized carbons (Fsp3) is 0. The Morgan fingerprint density at radius 2 is 0.945 bits per heavy atom. The molecule has 0 bridgehead atoms. The van der Waals surface area contributed by atoms with E-state index in [9.17, 15) is 0 Å². The summed E-state index contributed by atoms with van der Waals surface area (Å²) in [7, 11) is 0. The van der Waals surface area contributed by atoms with Crippen molar-refractivity contribution in [3.63, 3.8) is 0 Å². The van der Waals surface area contributed by atoms with Gasteiger partial charge in [0.1, 0.15) is 5.82 Å². The Labute approximate surface area is 317 Å².